The van der Waals surface area contributed by atoms with Crippen molar-refractivity contribution in [2.24, 2.45) is 7.05 Å². The first-order valence-corrected chi connectivity index (χ1v) is 8.91. The Hall–Kier alpha value is -2.91. The topological polar surface area (TPSA) is 108 Å². The summed E-state index contributed by atoms with van der Waals surface area (Å²) in [6.07, 6.45) is 1.18. The summed E-state index contributed by atoms with van der Waals surface area (Å²) in [5.41, 5.74) is 1.72. The summed E-state index contributed by atoms with van der Waals surface area (Å²) in [5.74, 6) is -0.686. The van der Waals surface area contributed by atoms with Gasteiger partial charge in [0.2, 0.25) is 5.69 Å². The van der Waals surface area contributed by atoms with E-state index in [0.29, 0.717) is 39.2 Å². The minimum absolute atomic E-state index is 0.270. The highest BCUT2D eigenvalue weighted by atomic mass is 35.5. The number of aryl methyl sites for hydroxylation is 2. The number of carbonyl (C=O) groups is 1. The molecule has 0 fully saturated rings. The number of nitro groups is 1. The Morgan fingerprint density at radius 2 is 1.89 bits per heavy atom. The number of benzene rings is 1. The Bertz CT molecular complexity index is 1070. The molecule has 2 heterocycles. The van der Waals surface area contributed by atoms with Crippen molar-refractivity contribution >= 4 is 40.5 Å². The zero-order chi connectivity index (χ0) is 20.6. The van der Waals surface area contributed by atoms with Crippen LogP contribution >= 0.6 is 23.2 Å². The van der Waals surface area contributed by atoms with Crippen LogP contribution in [0.3, 0.4) is 0 Å². The Balaban J connectivity index is 1.91. The van der Waals surface area contributed by atoms with Gasteiger partial charge in [-0.15, -0.1) is 0 Å². The van der Waals surface area contributed by atoms with Crippen molar-refractivity contribution in [3.63, 3.8) is 0 Å². The lowest BCUT2D eigenvalue weighted by Gasteiger charge is -2.09. The quantitative estimate of drug-likeness (QED) is 0.497. The third kappa shape index (κ3) is 3.71. The smallest absolute Gasteiger partial charge is 0.317 e. The molecule has 1 aromatic carbocycles. The fraction of sp³-hybridized carbons (Fsp3) is 0.235. The maximum absolute atomic E-state index is 12.6. The van der Waals surface area contributed by atoms with Crippen LogP contribution in [0.25, 0.3) is 0 Å². The molecule has 0 atom stereocenters. The minimum atomic E-state index is -0.686. The van der Waals surface area contributed by atoms with E-state index >= 15 is 0 Å². The highest BCUT2D eigenvalue weighted by Crippen LogP contribution is 2.28. The summed E-state index contributed by atoms with van der Waals surface area (Å²) < 4.78 is 2.88. The maximum atomic E-state index is 12.6. The normalized spacial score (nSPS) is 10.9. The van der Waals surface area contributed by atoms with Crippen molar-refractivity contribution in [3.8, 4) is 0 Å². The lowest BCUT2D eigenvalue weighted by molar-refractivity contribution is -0.385. The van der Waals surface area contributed by atoms with E-state index in [2.05, 4.69) is 15.5 Å². The van der Waals surface area contributed by atoms with Gasteiger partial charge in [-0.2, -0.15) is 10.2 Å². The molecule has 146 valence electrons. The van der Waals surface area contributed by atoms with Gasteiger partial charge in [0.05, 0.1) is 28.5 Å². The molecule has 0 spiro atoms. The van der Waals surface area contributed by atoms with Gasteiger partial charge in [-0.3, -0.25) is 24.3 Å². The van der Waals surface area contributed by atoms with E-state index in [9.17, 15) is 14.9 Å². The van der Waals surface area contributed by atoms with Crippen molar-refractivity contribution in [1.82, 2.24) is 19.6 Å². The summed E-state index contributed by atoms with van der Waals surface area (Å²) in [4.78, 5) is 23.0. The number of anilines is 1. The molecule has 0 saturated carbocycles. The molecule has 0 saturated heterocycles. The second kappa shape index (κ2) is 7.61. The Morgan fingerprint density at radius 3 is 2.50 bits per heavy atom. The predicted molar refractivity (Wildman–Crippen MR) is 105 cm³/mol. The van der Waals surface area contributed by atoms with Crippen molar-refractivity contribution in [3.05, 3.63) is 67.2 Å². The van der Waals surface area contributed by atoms with Crippen LogP contribution in [0, 0.1) is 24.0 Å². The zero-order valence-corrected chi connectivity index (χ0v) is 16.7. The highest BCUT2D eigenvalue weighted by molar-refractivity contribution is 6.36. The molecule has 2 aromatic heterocycles. The summed E-state index contributed by atoms with van der Waals surface area (Å²) in [5, 5.41) is 23.1. The molecule has 0 unspecified atom stereocenters. The average Bonchev–Trinajstić information content (AvgIpc) is 3.13. The van der Waals surface area contributed by atoms with Crippen molar-refractivity contribution in [1.29, 1.82) is 0 Å². The number of hydrogen-bond acceptors (Lipinski definition) is 5. The second-order valence-electron chi connectivity index (χ2n) is 6.15. The van der Waals surface area contributed by atoms with Crippen LogP contribution in [0.2, 0.25) is 10.0 Å². The van der Waals surface area contributed by atoms with E-state index in [1.54, 1.807) is 36.7 Å². The summed E-state index contributed by atoms with van der Waals surface area (Å²) in [6, 6.07) is 5.22. The summed E-state index contributed by atoms with van der Waals surface area (Å²) in [6.45, 7) is 3.80. The number of carbonyl (C=O) groups excluding carboxylic acids is 1. The molecule has 9 nitrogen and oxygen atoms in total. The van der Waals surface area contributed by atoms with Crippen LogP contribution in [0.5, 0.6) is 0 Å². The second-order valence-corrected chi connectivity index (χ2v) is 6.97. The minimum Gasteiger partial charge on any atom is -0.317 e. The highest BCUT2D eigenvalue weighted by Gasteiger charge is 2.26. The predicted octanol–water partition coefficient (Wildman–Crippen LogP) is 3.75. The molecule has 3 rings (SSSR count). The Labute approximate surface area is 170 Å². The molecule has 3 aromatic rings. The molecule has 0 radical (unpaired) electrons. The van der Waals surface area contributed by atoms with Gasteiger partial charge in [0.1, 0.15) is 6.20 Å². The maximum Gasteiger partial charge on any atom is 0.320 e. The molecular formula is C17H16Cl2N6O3. The van der Waals surface area contributed by atoms with Crippen LogP contribution in [0.1, 0.15) is 27.4 Å². The van der Waals surface area contributed by atoms with Gasteiger partial charge < -0.3 is 5.32 Å². The molecule has 0 bridgehead atoms. The third-order valence-corrected chi connectivity index (χ3v) is 4.92. The van der Waals surface area contributed by atoms with Crippen molar-refractivity contribution in [2.75, 3.05) is 5.32 Å². The molecule has 1 amide bonds. The van der Waals surface area contributed by atoms with Gasteiger partial charge in [-0.1, -0.05) is 29.3 Å². The monoisotopic (exact) mass is 422 g/mol. The molecule has 11 heteroatoms. The van der Waals surface area contributed by atoms with Gasteiger partial charge in [0, 0.05) is 22.7 Å². The van der Waals surface area contributed by atoms with Crippen LogP contribution in [0.4, 0.5) is 11.4 Å². The Kier molecular flexibility index (Phi) is 5.39. The number of amides is 1. The number of hydrogen-bond donors (Lipinski definition) is 1. The van der Waals surface area contributed by atoms with E-state index in [1.165, 1.54) is 17.9 Å². The standard InChI is InChI=1S/C17H16Cl2N6O3/c1-9-15(20-17(26)16-14(25(27)28)8-23(3)22-16)10(2)24(21-9)7-11-12(18)5-4-6-13(11)19/h4-6,8H,7H2,1-3H3,(H,20,26). The lowest BCUT2D eigenvalue weighted by Crippen LogP contribution is -2.16. The first-order chi connectivity index (χ1) is 13.2. The van der Waals surface area contributed by atoms with Crippen LogP contribution in [-0.4, -0.2) is 30.4 Å². The number of nitrogens with zero attached hydrogens (tertiary/aromatic N) is 5. The van der Waals surface area contributed by atoms with E-state index in [-0.39, 0.29) is 11.4 Å². The van der Waals surface area contributed by atoms with Gasteiger partial charge in [0.25, 0.3) is 5.91 Å². The molecule has 0 aliphatic carbocycles. The van der Waals surface area contributed by atoms with Gasteiger partial charge in [-0.25, -0.2) is 0 Å². The molecule has 0 aliphatic rings. The summed E-state index contributed by atoms with van der Waals surface area (Å²) >= 11 is 12.4. The van der Waals surface area contributed by atoms with Crippen molar-refractivity contribution in [2.45, 2.75) is 20.4 Å². The van der Waals surface area contributed by atoms with E-state index in [1.807, 2.05) is 0 Å². The largest absolute Gasteiger partial charge is 0.320 e. The van der Waals surface area contributed by atoms with Gasteiger partial charge >= 0.3 is 5.69 Å². The molecular weight excluding hydrogens is 407 g/mol. The SMILES string of the molecule is Cc1nn(Cc2c(Cl)cccc2Cl)c(C)c1NC(=O)c1nn(C)cc1[N+](=O)[O-]. The van der Waals surface area contributed by atoms with Crippen LogP contribution < -0.4 is 5.32 Å². The fourth-order valence-electron chi connectivity index (χ4n) is 2.81. The molecule has 0 aliphatic heterocycles. The first kappa shape index (κ1) is 19.8. The van der Waals surface area contributed by atoms with Crippen molar-refractivity contribution < 1.29 is 9.72 Å². The summed E-state index contributed by atoms with van der Waals surface area (Å²) in [7, 11) is 1.51. The first-order valence-electron chi connectivity index (χ1n) is 8.15. The number of halogens is 2. The number of nitrogens with one attached hydrogen (secondary N) is 1. The third-order valence-electron chi connectivity index (χ3n) is 4.21. The van der Waals surface area contributed by atoms with Gasteiger partial charge in [0.15, 0.2) is 0 Å². The molecule has 28 heavy (non-hydrogen) atoms. The van der Waals surface area contributed by atoms with Gasteiger partial charge in [-0.05, 0) is 26.0 Å². The zero-order valence-electron chi connectivity index (χ0n) is 15.2. The number of aromatic nitrogens is 4. The van der Waals surface area contributed by atoms with E-state index in [4.69, 9.17) is 23.2 Å². The van der Waals surface area contributed by atoms with E-state index < -0.39 is 10.8 Å². The Morgan fingerprint density at radius 1 is 1.25 bits per heavy atom. The molecule has 1 N–H and O–H groups in total. The van der Waals surface area contributed by atoms with Crippen LogP contribution in [0.15, 0.2) is 24.4 Å². The lowest BCUT2D eigenvalue weighted by atomic mass is 10.2. The van der Waals surface area contributed by atoms with Crippen LogP contribution in [-0.2, 0) is 13.6 Å². The van der Waals surface area contributed by atoms with E-state index in [0.717, 1.165) is 0 Å². The fourth-order valence-corrected chi connectivity index (χ4v) is 3.33. The average molecular weight is 423 g/mol. The number of rotatable bonds is 5.